The highest BCUT2D eigenvalue weighted by molar-refractivity contribution is 9.10. The van der Waals surface area contributed by atoms with E-state index in [2.05, 4.69) is 21.2 Å². The van der Waals surface area contributed by atoms with E-state index in [1.54, 1.807) is 18.2 Å². The molecule has 2 unspecified atom stereocenters. The number of halogens is 1. The number of carbonyl (C=O) groups is 1. The lowest BCUT2D eigenvalue weighted by Gasteiger charge is -2.19. The van der Waals surface area contributed by atoms with E-state index in [1.165, 1.54) is 0 Å². The number of amides is 1. The predicted molar refractivity (Wildman–Crippen MR) is 74.4 cm³/mol. The average Bonchev–Trinajstić information content (AvgIpc) is 2.86. The number of rotatable bonds is 3. The van der Waals surface area contributed by atoms with Crippen molar-refractivity contribution in [3.8, 4) is 0 Å². The van der Waals surface area contributed by atoms with E-state index in [9.17, 15) is 4.79 Å². The zero-order chi connectivity index (χ0) is 13.1. The van der Waals surface area contributed by atoms with Gasteiger partial charge in [0.2, 0.25) is 0 Å². The second-order valence-electron chi connectivity index (χ2n) is 4.62. The number of ether oxygens (including phenoxy) is 1. The first-order valence-electron chi connectivity index (χ1n) is 6.01. The number of nitrogens with one attached hydrogen (secondary N) is 1. The molecule has 1 aromatic rings. The lowest BCUT2D eigenvalue weighted by atomic mass is 10.0. The molecular formula is C13H17BrN2O2. The SMILES string of the molecule is CC(NC(=O)c1ccc(N)c(Br)c1)C1CCOC1. The minimum Gasteiger partial charge on any atom is -0.398 e. The smallest absolute Gasteiger partial charge is 0.251 e. The van der Waals surface area contributed by atoms with Gasteiger partial charge in [0.15, 0.2) is 0 Å². The summed E-state index contributed by atoms with van der Waals surface area (Å²) in [6.07, 6.45) is 1.01. The van der Waals surface area contributed by atoms with E-state index in [1.807, 2.05) is 6.92 Å². The molecule has 0 aromatic heterocycles. The van der Waals surface area contributed by atoms with Crippen molar-refractivity contribution < 1.29 is 9.53 Å². The van der Waals surface area contributed by atoms with Gasteiger partial charge in [-0.2, -0.15) is 0 Å². The van der Waals surface area contributed by atoms with Crippen LogP contribution in [0.2, 0.25) is 0 Å². The molecule has 1 amide bonds. The van der Waals surface area contributed by atoms with Gasteiger partial charge in [0.1, 0.15) is 0 Å². The van der Waals surface area contributed by atoms with Crippen LogP contribution in [-0.4, -0.2) is 25.2 Å². The Morgan fingerprint density at radius 1 is 1.61 bits per heavy atom. The zero-order valence-corrected chi connectivity index (χ0v) is 11.9. The van der Waals surface area contributed by atoms with Gasteiger partial charge in [-0.3, -0.25) is 4.79 Å². The predicted octanol–water partition coefficient (Wildman–Crippen LogP) is 2.19. The van der Waals surface area contributed by atoms with Crippen LogP contribution in [0.5, 0.6) is 0 Å². The summed E-state index contributed by atoms with van der Waals surface area (Å²) in [4.78, 5) is 12.1. The first kappa shape index (κ1) is 13.4. The quantitative estimate of drug-likeness (QED) is 0.841. The summed E-state index contributed by atoms with van der Waals surface area (Å²) >= 11 is 3.32. The largest absolute Gasteiger partial charge is 0.398 e. The third-order valence-corrected chi connectivity index (χ3v) is 3.98. The number of benzene rings is 1. The molecular weight excluding hydrogens is 296 g/mol. The maximum Gasteiger partial charge on any atom is 0.251 e. The van der Waals surface area contributed by atoms with Crippen LogP contribution in [0.1, 0.15) is 23.7 Å². The minimum atomic E-state index is -0.0740. The highest BCUT2D eigenvalue weighted by Gasteiger charge is 2.23. The summed E-state index contributed by atoms with van der Waals surface area (Å²) in [5, 5.41) is 3.00. The number of anilines is 1. The van der Waals surface area contributed by atoms with Gasteiger partial charge >= 0.3 is 0 Å². The summed E-state index contributed by atoms with van der Waals surface area (Å²) in [6.45, 7) is 3.54. The van der Waals surface area contributed by atoms with Gasteiger partial charge in [0, 0.05) is 34.3 Å². The van der Waals surface area contributed by atoms with Gasteiger partial charge in [-0.05, 0) is 47.5 Å². The van der Waals surface area contributed by atoms with Crippen molar-refractivity contribution in [3.05, 3.63) is 28.2 Å². The van der Waals surface area contributed by atoms with Crippen LogP contribution in [0, 0.1) is 5.92 Å². The van der Waals surface area contributed by atoms with E-state index in [0.717, 1.165) is 24.1 Å². The summed E-state index contributed by atoms with van der Waals surface area (Å²) < 4.78 is 6.07. The van der Waals surface area contributed by atoms with Crippen molar-refractivity contribution in [2.24, 2.45) is 5.92 Å². The maximum absolute atomic E-state index is 12.1. The van der Waals surface area contributed by atoms with Gasteiger partial charge in [-0.1, -0.05) is 0 Å². The number of hydrogen-bond donors (Lipinski definition) is 2. The van der Waals surface area contributed by atoms with E-state index in [0.29, 0.717) is 17.2 Å². The molecule has 2 atom stereocenters. The van der Waals surface area contributed by atoms with Crippen LogP contribution in [-0.2, 0) is 4.74 Å². The van der Waals surface area contributed by atoms with Gasteiger partial charge < -0.3 is 15.8 Å². The first-order valence-corrected chi connectivity index (χ1v) is 6.81. The molecule has 1 saturated heterocycles. The van der Waals surface area contributed by atoms with Crippen molar-refractivity contribution in [1.29, 1.82) is 0 Å². The maximum atomic E-state index is 12.1. The van der Waals surface area contributed by atoms with Crippen LogP contribution < -0.4 is 11.1 Å². The third kappa shape index (κ3) is 3.03. The molecule has 1 aromatic carbocycles. The fraction of sp³-hybridized carbons (Fsp3) is 0.462. The summed E-state index contributed by atoms with van der Waals surface area (Å²) in [6, 6.07) is 5.31. The Kier molecular flexibility index (Phi) is 4.24. The zero-order valence-electron chi connectivity index (χ0n) is 10.3. The third-order valence-electron chi connectivity index (χ3n) is 3.29. The fourth-order valence-corrected chi connectivity index (χ4v) is 2.40. The summed E-state index contributed by atoms with van der Waals surface area (Å²) in [5.41, 5.74) is 6.94. The molecule has 1 aliphatic heterocycles. The van der Waals surface area contributed by atoms with Crippen LogP contribution in [0.25, 0.3) is 0 Å². The van der Waals surface area contributed by atoms with Crippen LogP contribution in [0.4, 0.5) is 5.69 Å². The summed E-state index contributed by atoms with van der Waals surface area (Å²) in [5.74, 6) is 0.335. The topological polar surface area (TPSA) is 64.4 Å². The van der Waals surface area contributed by atoms with E-state index in [4.69, 9.17) is 10.5 Å². The molecule has 1 heterocycles. The second-order valence-corrected chi connectivity index (χ2v) is 5.48. The minimum absolute atomic E-state index is 0.0740. The molecule has 98 valence electrons. The Labute approximate surface area is 115 Å². The Morgan fingerprint density at radius 3 is 3.00 bits per heavy atom. The van der Waals surface area contributed by atoms with Gasteiger partial charge in [-0.25, -0.2) is 0 Å². The standard InChI is InChI=1S/C13H17BrN2O2/c1-8(10-4-5-18-7-10)16-13(17)9-2-3-12(15)11(14)6-9/h2-3,6,8,10H,4-5,7,15H2,1H3,(H,16,17). The molecule has 5 heteroatoms. The lowest BCUT2D eigenvalue weighted by Crippen LogP contribution is -2.38. The molecule has 0 bridgehead atoms. The molecule has 0 aliphatic carbocycles. The van der Waals surface area contributed by atoms with E-state index in [-0.39, 0.29) is 11.9 Å². The van der Waals surface area contributed by atoms with Crippen molar-refractivity contribution >= 4 is 27.5 Å². The number of nitrogens with two attached hydrogens (primary N) is 1. The van der Waals surface area contributed by atoms with E-state index < -0.39 is 0 Å². The molecule has 1 fully saturated rings. The first-order chi connectivity index (χ1) is 8.58. The normalized spacial score (nSPS) is 20.7. The van der Waals surface area contributed by atoms with Gasteiger partial charge in [-0.15, -0.1) is 0 Å². The Morgan fingerprint density at radius 2 is 2.39 bits per heavy atom. The Bertz CT molecular complexity index is 445. The molecule has 0 radical (unpaired) electrons. The highest BCUT2D eigenvalue weighted by atomic mass is 79.9. The molecule has 2 rings (SSSR count). The summed E-state index contributed by atoms with van der Waals surface area (Å²) in [7, 11) is 0. The van der Waals surface area contributed by atoms with Crippen molar-refractivity contribution in [2.75, 3.05) is 18.9 Å². The van der Waals surface area contributed by atoms with Gasteiger partial charge in [0.05, 0.1) is 6.61 Å². The highest BCUT2D eigenvalue weighted by Crippen LogP contribution is 2.21. The van der Waals surface area contributed by atoms with Crippen molar-refractivity contribution in [3.63, 3.8) is 0 Å². The van der Waals surface area contributed by atoms with Crippen LogP contribution >= 0.6 is 15.9 Å². The molecule has 18 heavy (non-hydrogen) atoms. The molecule has 4 nitrogen and oxygen atoms in total. The molecule has 3 N–H and O–H groups in total. The monoisotopic (exact) mass is 312 g/mol. The van der Waals surface area contributed by atoms with Crippen LogP contribution in [0.3, 0.4) is 0 Å². The fourth-order valence-electron chi connectivity index (χ4n) is 2.02. The Hall–Kier alpha value is -1.07. The number of nitrogen functional groups attached to an aromatic ring is 1. The number of carbonyl (C=O) groups excluding carboxylic acids is 1. The molecule has 0 spiro atoms. The average molecular weight is 313 g/mol. The lowest BCUT2D eigenvalue weighted by molar-refractivity contribution is 0.0922. The van der Waals surface area contributed by atoms with Gasteiger partial charge in [0.25, 0.3) is 5.91 Å². The molecule has 0 saturated carbocycles. The molecule has 1 aliphatic rings. The number of hydrogen-bond acceptors (Lipinski definition) is 3. The van der Waals surface area contributed by atoms with Crippen molar-refractivity contribution in [2.45, 2.75) is 19.4 Å². The van der Waals surface area contributed by atoms with E-state index >= 15 is 0 Å². The van der Waals surface area contributed by atoms with Crippen LogP contribution in [0.15, 0.2) is 22.7 Å². The van der Waals surface area contributed by atoms with Crippen molar-refractivity contribution in [1.82, 2.24) is 5.32 Å². The second kappa shape index (κ2) is 5.71. The Balaban J connectivity index is 2.00.